The van der Waals surface area contributed by atoms with Gasteiger partial charge in [-0.3, -0.25) is 0 Å². The van der Waals surface area contributed by atoms with Crippen LogP contribution in [0.25, 0.3) is 11.1 Å². The molecule has 0 fully saturated rings. The van der Waals surface area contributed by atoms with Gasteiger partial charge >= 0.3 is 0 Å². The van der Waals surface area contributed by atoms with Gasteiger partial charge in [-0.2, -0.15) is 0 Å². The van der Waals surface area contributed by atoms with Crippen LogP contribution in [0.15, 0.2) is 71.2 Å². The molecular weight excluding hydrogens is 1190 g/mol. The van der Waals surface area contributed by atoms with Gasteiger partial charge in [-0.1, -0.05) is 287 Å². The highest BCUT2D eigenvalue weighted by Gasteiger charge is 2.39. The van der Waals surface area contributed by atoms with Crippen LogP contribution in [-0.2, 0) is 0 Å². The van der Waals surface area contributed by atoms with Gasteiger partial charge in [0.15, 0.2) is 0 Å². The number of hydrogen-bond acceptors (Lipinski definition) is 8. The van der Waals surface area contributed by atoms with Crippen molar-refractivity contribution >= 4 is 15.9 Å². The molecule has 4 atom stereocenters. The van der Waals surface area contributed by atoms with Gasteiger partial charge in [0.1, 0.15) is 46.0 Å². The van der Waals surface area contributed by atoms with Gasteiger partial charge < -0.3 is 37.9 Å². The summed E-state index contributed by atoms with van der Waals surface area (Å²) < 4.78 is 57.0. The van der Waals surface area contributed by atoms with Crippen LogP contribution >= 0.6 is 15.9 Å². The largest absolute Gasteiger partial charge is 0.457 e. The summed E-state index contributed by atoms with van der Waals surface area (Å²) >= 11 is 3.82. The van der Waals surface area contributed by atoms with Crippen LogP contribution in [-0.4, -0.2) is 27.2 Å². The molecule has 4 aliphatic heterocycles. The summed E-state index contributed by atoms with van der Waals surface area (Å²) in [6.07, 6.45) is 49.5. The second-order valence-corrected chi connectivity index (χ2v) is 28.6. The average Bonchev–Trinajstić information content (AvgIpc) is 0.764. The van der Waals surface area contributed by atoms with E-state index in [1.165, 1.54) is 250 Å². The minimum atomic E-state index is -0.0550. The fourth-order valence-electron chi connectivity index (χ4n) is 15.7. The summed E-state index contributed by atoms with van der Waals surface area (Å²) in [5.74, 6) is 6.56. The SMILES string of the molecule is CCCCCCCCCCCC1c2cc3c4cc2OCOc2cc5c(cc21)C(CCCCCCCCCCC)c1cc2c(c(-c6ccc(Br)cc6)c1OCO5)OCOc1cc(c(cc1C2CCCCCCCCCCC)C3CCCCCCCCCCC)OCO4. The topological polar surface area (TPSA) is 73.8 Å². The molecule has 4 unspecified atom stereocenters. The fraction of sp³-hybridized carbons (Fsp3) is 0.634. The molecule has 8 nitrogen and oxygen atoms in total. The molecule has 10 rings (SSSR count). The first-order valence-electron chi connectivity index (χ1n) is 37.5. The molecule has 0 N–H and O–H groups in total. The molecule has 0 aromatic heterocycles. The Labute approximate surface area is 558 Å². The minimum absolute atomic E-state index is 0.00952. The second kappa shape index (κ2) is 37.2. The van der Waals surface area contributed by atoms with E-state index in [-0.39, 0.29) is 50.8 Å². The smallest absolute Gasteiger partial charge is 0.230 e. The molecule has 91 heavy (non-hydrogen) atoms. The highest BCUT2D eigenvalue weighted by Crippen LogP contribution is 2.58. The molecule has 1 aliphatic carbocycles. The van der Waals surface area contributed by atoms with E-state index in [9.17, 15) is 0 Å². The number of rotatable bonds is 41. The molecule has 5 aliphatic rings. The summed E-state index contributed by atoms with van der Waals surface area (Å²) in [5.41, 5.74) is 11.8. The zero-order valence-corrected chi connectivity index (χ0v) is 58.5. The van der Waals surface area contributed by atoms with E-state index in [1.807, 2.05) is 0 Å². The molecular formula is C82H115BrO8. The van der Waals surface area contributed by atoms with Gasteiger partial charge in [-0.05, 0) is 67.6 Å². The van der Waals surface area contributed by atoms with Crippen LogP contribution in [0.2, 0.25) is 0 Å². The van der Waals surface area contributed by atoms with Crippen LogP contribution in [0, 0.1) is 0 Å². The molecule has 5 aromatic carbocycles. The molecule has 4 heterocycles. The van der Waals surface area contributed by atoms with Crippen molar-refractivity contribution < 1.29 is 37.9 Å². The lowest BCUT2D eigenvalue weighted by atomic mass is 9.75. The van der Waals surface area contributed by atoms with Gasteiger partial charge in [0, 0.05) is 90.9 Å². The van der Waals surface area contributed by atoms with Crippen molar-refractivity contribution in [2.24, 2.45) is 0 Å². The molecule has 9 heteroatoms. The van der Waals surface area contributed by atoms with Gasteiger partial charge in [0.05, 0.1) is 5.56 Å². The number of ether oxygens (including phenoxy) is 8. The maximum Gasteiger partial charge on any atom is 0.230 e. The highest BCUT2D eigenvalue weighted by molar-refractivity contribution is 9.10. The van der Waals surface area contributed by atoms with Crippen molar-refractivity contribution in [2.75, 3.05) is 27.2 Å². The van der Waals surface area contributed by atoms with Crippen molar-refractivity contribution in [3.8, 4) is 57.1 Å². The number of benzene rings is 5. The van der Waals surface area contributed by atoms with Crippen molar-refractivity contribution in [1.82, 2.24) is 0 Å². The average molecular weight is 1310 g/mol. The summed E-state index contributed by atoms with van der Waals surface area (Å²) in [6, 6.07) is 25.6. The maximum atomic E-state index is 7.22. The quantitative estimate of drug-likeness (QED) is 0.0359. The number of hydrogen-bond donors (Lipinski definition) is 0. The summed E-state index contributed by atoms with van der Waals surface area (Å²) in [7, 11) is 0. The van der Waals surface area contributed by atoms with E-state index < -0.39 is 0 Å². The van der Waals surface area contributed by atoms with Crippen molar-refractivity contribution in [2.45, 2.75) is 308 Å². The predicted molar refractivity (Wildman–Crippen MR) is 378 cm³/mol. The van der Waals surface area contributed by atoms with E-state index in [0.717, 1.165) is 113 Å². The third-order valence-electron chi connectivity index (χ3n) is 20.9. The van der Waals surface area contributed by atoms with E-state index >= 15 is 0 Å². The Morgan fingerprint density at radius 3 is 0.747 bits per heavy atom. The Balaban J connectivity index is 1.17. The Bertz CT molecular complexity index is 2820. The van der Waals surface area contributed by atoms with E-state index in [4.69, 9.17) is 37.9 Å². The van der Waals surface area contributed by atoms with E-state index in [2.05, 4.69) is 110 Å². The summed E-state index contributed by atoms with van der Waals surface area (Å²) in [4.78, 5) is 0. The zero-order valence-electron chi connectivity index (χ0n) is 56.9. The molecule has 498 valence electrons. The minimum Gasteiger partial charge on any atom is -0.457 e. The number of halogens is 1. The Hall–Kier alpha value is -5.02. The first-order chi connectivity index (χ1) is 45.0. The standard InChI is InChI=1S/C82H115BrO8/c1-5-9-13-17-21-25-29-33-37-41-62-66-49-67-63(42-38-34-30-26-22-18-14-10-6-2)69-51-71-65(44-40-36-32-28-24-20-16-12-8-4)73-52-72-64(43-39-35-31-27-23-19-15-11-7-3)70-50-68(62)76-54-78(70)88-58-90-81(72)80(60-45-47-61(83)48-46-60)82(73)91-59-89-79(71)55-77(69)87-57-85-75(67)53-74(66)84-56-86-76/h45-55,62-65H,5-44,56-59H2,1-4H3. The van der Waals surface area contributed by atoms with E-state index in [1.54, 1.807) is 0 Å². The van der Waals surface area contributed by atoms with Crippen LogP contribution < -0.4 is 37.9 Å². The Morgan fingerprint density at radius 2 is 0.484 bits per heavy atom. The maximum absolute atomic E-state index is 7.22. The first kappa shape index (κ1) is 68.8. The van der Waals surface area contributed by atoms with Gasteiger partial charge in [-0.15, -0.1) is 0 Å². The third kappa shape index (κ3) is 18.7. The van der Waals surface area contributed by atoms with Gasteiger partial charge in [-0.25, -0.2) is 0 Å². The van der Waals surface area contributed by atoms with Crippen LogP contribution in [0.5, 0.6) is 46.0 Å². The van der Waals surface area contributed by atoms with Gasteiger partial charge in [0.2, 0.25) is 27.2 Å². The lowest BCUT2D eigenvalue weighted by molar-refractivity contribution is 0.0990. The molecule has 8 bridgehead atoms. The summed E-state index contributed by atoms with van der Waals surface area (Å²) in [5, 5.41) is 0. The molecule has 0 radical (unpaired) electrons. The van der Waals surface area contributed by atoms with Crippen LogP contribution in [0.3, 0.4) is 0 Å². The monoisotopic (exact) mass is 1310 g/mol. The summed E-state index contributed by atoms with van der Waals surface area (Å²) in [6.45, 7) is 9.45. The normalized spacial score (nSPS) is 17.4. The van der Waals surface area contributed by atoms with Crippen molar-refractivity contribution in [3.63, 3.8) is 0 Å². The lowest BCUT2D eigenvalue weighted by Gasteiger charge is -2.36. The van der Waals surface area contributed by atoms with Crippen molar-refractivity contribution in [1.29, 1.82) is 0 Å². The van der Waals surface area contributed by atoms with E-state index in [0.29, 0.717) is 0 Å². The molecule has 5 aromatic rings. The van der Waals surface area contributed by atoms with Crippen molar-refractivity contribution in [3.05, 3.63) is 116 Å². The highest BCUT2D eigenvalue weighted by atomic mass is 79.9. The van der Waals surface area contributed by atoms with Crippen LogP contribution in [0.4, 0.5) is 0 Å². The zero-order chi connectivity index (χ0) is 62.8. The van der Waals surface area contributed by atoms with Crippen LogP contribution in [0.1, 0.15) is 353 Å². The lowest BCUT2D eigenvalue weighted by Crippen LogP contribution is -2.23. The Kier molecular flexibility index (Phi) is 28.1. The molecule has 0 saturated heterocycles. The second-order valence-electron chi connectivity index (χ2n) is 27.7. The third-order valence-corrected chi connectivity index (χ3v) is 21.5. The fourth-order valence-corrected chi connectivity index (χ4v) is 16.0. The number of unbranched alkanes of at least 4 members (excludes halogenated alkanes) is 32. The molecule has 0 spiro atoms. The Morgan fingerprint density at radius 1 is 0.264 bits per heavy atom. The molecule has 0 saturated carbocycles. The first-order valence-corrected chi connectivity index (χ1v) is 38.3. The predicted octanol–water partition coefficient (Wildman–Crippen LogP) is 25.6. The molecule has 0 amide bonds. The van der Waals surface area contributed by atoms with Gasteiger partial charge in [0.25, 0.3) is 0 Å².